The molecule has 108 valence electrons. The van der Waals surface area contributed by atoms with E-state index in [4.69, 9.17) is 0 Å². The number of nitrogens with zero attached hydrogens (tertiary/aromatic N) is 1. The first-order valence-electron chi connectivity index (χ1n) is 7.00. The third-order valence-corrected chi connectivity index (χ3v) is 4.43. The number of thiazole rings is 1. The summed E-state index contributed by atoms with van der Waals surface area (Å²) in [4.78, 5) is 19.8. The van der Waals surface area contributed by atoms with Gasteiger partial charge in [0.15, 0.2) is 5.13 Å². The van der Waals surface area contributed by atoms with Gasteiger partial charge in [0.1, 0.15) is 0 Å². The van der Waals surface area contributed by atoms with Crippen molar-refractivity contribution in [3.05, 3.63) is 60.3 Å². The summed E-state index contributed by atoms with van der Waals surface area (Å²) in [5, 5.41) is 4.63. The molecule has 1 amide bonds. The Kier molecular flexibility index (Phi) is 3.12. The van der Waals surface area contributed by atoms with Crippen molar-refractivity contribution >= 4 is 43.5 Å². The van der Waals surface area contributed by atoms with Crippen LogP contribution < -0.4 is 5.32 Å². The van der Waals surface area contributed by atoms with Crippen molar-refractivity contribution < 1.29 is 4.79 Å². The van der Waals surface area contributed by atoms with Crippen LogP contribution in [0.15, 0.2) is 54.6 Å². The van der Waals surface area contributed by atoms with Crippen LogP contribution in [0.3, 0.4) is 0 Å². The summed E-state index contributed by atoms with van der Waals surface area (Å²) in [6.07, 6.45) is 0.310. The van der Waals surface area contributed by atoms with Crippen LogP contribution in [0.4, 0.5) is 5.13 Å². The number of fused-ring (bicyclic) bond motifs is 2. The first-order valence-corrected chi connectivity index (χ1v) is 7.82. The van der Waals surface area contributed by atoms with Crippen molar-refractivity contribution in [2.75, 3.05) is 5.32 Å². The first-order chi connectivity index (χ1) is 10.8. The van der Waals surface area contributed by atoms with Crippen molar-refractivity contribution in [3.63, 3.8) is 0 Å². The standard InChI is InChI=1S/C17H13N3OS/c21-16(10-12-9-11-5-1-2-6-13(11)18-12)20-17-19-14-7-3-4-8-15(14)22-17/h1-9,18H,10H2,(H,19,20,21). The zero-order valence-electron chi connectivity index (χ0n) is 11.7. The van der Waals surface area contributed by atoms with E-state index < -0.39 is 0 Å². The Morgan fingerprint density at radius 2 is 1.95 bits per heavy atom. The monoisotopic (exact) mass is 307 g/mol. The molecule has 0 atom stereocenters. The van der Waals surface area contributed by atoms with Gasteiger partial charge in [-0.05, 0) is 29.7 Å². The predicted molar refractivity (Wildman–Crippen MR) is 90.3 cm³/mol. The minimum absolute atomic E-state index is 0.0642. The number of hydrogen-bond acceptors (Lipinski definition) is 3. The molecule has 0 bridgehead atoms. The Morgan fingerprint density at radius 1 is 1.14 bits per heavy atom. The number of hydrogen-bond donors (Lipinski definition) is 2. The van der Waals surface area contributed by atoms with E-state index in [0.717, 1.165) is 26.8 Å². The topological polar surface area (TPSA) is 57.8 Å². The van der Waals surface area contributed by atoms with Crippen molar-refractivity contribution in [2.24, 2.45) is 0 Å². The van der Waals surface area contributed by atoms with E-state index in [-0.39, 0.29) is 5.91 Å². The Bertz CT molecular complexity index is 826. The van der Waals surface area contributed by atoms with Crippen LogP contribution in [-0.4, -0.2) is 15.9 Å². The largest absolute Gasteiger partial charge is 0.358 e. The molecule has 0 fully saturated rings. The lowest BCUT2D eigenvalue weighted by Gasteiger charge is -1.99. The molecule has 0 spiro atoms. The molecule has 2 aromatic carbocycles. The number of carbonyl (C=O) groups excluding carboxylic acids is 1. The second-order valence-corrected chi connectivity index (χ2v) is 6.12. The van der Waals surface area contributed by atoms with Crippen LogP contribution >= 0.6 is 11.3 Å². The van der Waals surface area contributed by atoms with Crippen molar-refractivity contribution in [1.82, 2.24) is 9.97 Å². The zero-order valence-corrected chi connectivity index (χ0v) is 12.5. The van der Waals surface area contributed by atoms with Gasteiger partial charge in [-0.3, -0.25) is 4.79 Å². The molecule has 0 unspecified atom stereocenters. The molecule has 0 aliphatic carbocycles. The highest BCUT2D eigenvalue weighted by molar-refractivity contribution is 7.22. The predicted octanol–water partition coefficient (Wildman–Crippen LogP) is 3.96. The number of amides is 1. The van der Waals surface area contributed by atoms with Gasteiger partial charge in [-0.2, -0.15) is 0 Å². The highest BCUT2D eigenvalue weighted by atomic mass is 32.1. The van der Waals surface area contributed by atoms with Crippen LogP contribution in [0.5, 0.6) is 0 Å². The smallest absolute Gasteiger partial charge is 0.232 e. The van der Waals surface area contributed by atoms with E-state index in [9.17, 15) is 4.79 Å². The number of aromatic amines is 1. The average molecular weight is 307 g/mol. The Morgan fingerprint density at radius 3 is 2.82 bits per heavy atom. The molecule has 2 aromatic heterocycles. The van der Waals surface area contributed by atoms with E-state index >= 15 is 0 Å². The maximum absolute atomic E-state index is 12.2. The lowest BCUT2D eigenvalue weighted by molar-refractivity contribution is -0.115. The second-order valence-electron chi connectivity index (χ2n) is 5.09. The fourth-order valence-electron chi connectivity index (χ4n) is 2.49. The summed E-state index contributed by atoms with van der Waals surface area (Å²) < 4.78 is 1.07. The zero-order chi connectivity index (χ0) is 14.9. The molecule has 5 heteroatoms. The maximum atomic E-state index is 12.2. The summed E-state index contributed by atoms with van der Waals surface area (Å²) >= 11 is 1.49. The minimum atomic E-state index is -0.0642. The number of carbonyl (C=O) groups is 1. The lowest BCUT2D eigenvalue weighted by atomic mass is 10.2. The first kappa shape index (κ1) is 13.0. The highest BCUT2D eigenvalue weighted by Crippen LogP contribution is 2.25. The molecule has 0 aliphatic heterocycles. The molecule has 2 N–H and O–H groups in total. The molecule has 0 saturated carbocycles. The number of benzene rings is 2. The highest BCUT2D eigenvalue weighted by Gasteiger charge is 2.10. The van der Waals surface area contributed by atoms with Gasteiger partial charge >= 0.3 is 0 Å². The number of rotatable bonds is 3. The van der Waals surface area contributed by atoms with Crippen LogP contribution in [0.2, 0.25) is 0 Å². The van der Waals surface area contributed by atoms with Crippen molar-refractivity contribution in [1.29, 1.82) is 0 Å². The molecule has 0 aliphatic rings. The number of aromatic nitrogens is 2. The van der Waals surface area contributed by atoms with E-state index in [1.807, 2.05) is 54.6 Å². The van der Waals surface area contributed by atoms with Gasteiger partial charge in [0.05, 0.1) is 16.6 Å². The molecular weight excluding hydrogens is 294 g/mol. The van der Waals surface area contributed by atoms with E-state index in [2.05, 4.69) is 15.3 Å². The van der Waals surface area contributed by atoms with Crippen LogP contribution in [0, 0.1) is 0 Å². The molecule has 4 nitrogen and oxygen atoms in total. The molecule has 22 heavy (non-hydrogen) atoms. The van der Waals surface area contributed by atoms with E-state index in [1.54, 1.807) is 0 Å². The normalized spacial score (nSPS) is 11.1. The van der Waals surface area contributed by atoms with Gasteiger partial charge in [0, 0.05) is 11.2 Å². The molecule has 2 heterocycles. The van der Waals surface area contributed by atoms with Gasteiger partial charge < -0.3 is 10.3 Å². The minimum Gasteiger partial charge on any atom is -0.358 e. The Balaban J connectivity index is 1.52. The third-order valence-electron chi connectivity index (χ3n) is 3.48. The molecule has 4 aromatic rings. The van der Waals surface area contributed by atoms with Gasteiger partial charge in [0.2, 0.25) is 5.91 Å². The Hall–Kier alpha value is -2.66. The lowest BCUT2D eigenvalue weighted by Crippen LogP contribution is -2.14. The summed E-state index contributed by atoms with van der Waals surface area (Å²) in [6, 6.07) is 17.9. The van der Waals surface area contributed by atoms with E-state index in [0.29, 0.717) is 11.6 Å². The van der Waals surface area contributed by atoms with Gasteiger partial charge in [-0.15, -0.1) is 0 Å². The summed E-state index contributed by atoms with van der Waals surface area (Å²) in [5.41, 5.74) is 2.86. The van der Waals surface area contributed by atoms with Gasteiger partial charge in [-0.1, -0.05) is 41.7 Å². The van der Waals surface area contributed by atoms with E-state index in [1.165, 1.54) is 11.3 Å². The van der Waals surface area contributed by atoms with Crippen LogP contribution in [0.1, 0.15) is 5.69 Å². The van der Waals surface area contributed by atoms with Gasteiger partial charge in [-0.25, -0.2) is 4.98 Å². The molecule has 0 saturated heterocycles. The number of anilines is 1. The SMILES string of the molecule is O=C(Cc1cc2ccccc2[nH]1)Nc1nc2ccccc2s1. The van der Waals surface area contributed by atoms with Crippen molar-refractivity contribution in [3.8, 4) is 0 Å². The number of nitrogens with one attached hydrogen (secondary N) is 2. The van der Waals surface area contributed by atoms with Crippen LogP contribution in [-0.2, 0) is 11.2 Å². The quantitative estimate of drug-likeness (QED) is 0.602. The second kappa shape index (κ2) is 5.27. The van der Waals surface area contributed by atoms with Crippen LogP contribution in [0.25, 0.3) is 21.1 Å². The molecule has 4 rings (SSSR count). The molecular formula is C17H13N3OS. The average Bonchev–Trinajstić information content (AvgIpc) is 3.08. The molecule has 0 radical (unpaired) electrons. The van der Waals surface area contributed by atoms with Gasteiger partial charge in [0.25, 0.3) is 0 Å². The third kappa shape index (κ3) is 2.46. The summed E-state index contributed by atoms with van der Waals surface area (Å²) in [5.74, 6) is -0.0642. The van der Waals surface area contributed by atoms with Crippen molar-refractivity contribution in [2.45, 2.75) is 6.42 Å². The number of para-hydroxylation sites is 2. The fraction of sp³-hybridized carbons (Fsp3) is 0.0588. The summed E-state index contributed by atoms with van der Waals surface area (Å²) in [7, 11) is 0. The number of H-pyrrole nitrogens is 1. The summed E-state index contributed by atoms with van der Waals surface area (Å²) in [6.45, 7) is 0. The fourth-order valence-corrected chi connectivity index (χ4v) is 3.37. The Labute approximate surface area is 130 Å². The maximum Gasteiger partial charge on any atom is 0.232 e.